The van der Waals surface area contributed by atoms with Crippen LogP contribution in [0.1, 0.15) is 44.2 Å². The summed E-state index contributed by atoms with van der Waals surface area (Å²) in [5.41, 5.74) is 7.29. The fraction of sp³-hybridized carbons (Fsp3) is 0.600. The first-order chi connectivity index (χ1) is 9.06. The zero-order valence-electron chi connectivity index (χ0n) is 11.2. The van der Waals surface area contributed by atoms with Gasteiger partial charge in [-0.1, -0.05) is 31.9 Å². The monoisotopic (exact) mass is 269 g/mol. The van der Waals surface area contributed by atoms with E-state index in [0.717, 1.165) is 24.3 Å². The minimum atomic E-state index is -2.78. The van der Waals surface area contributed by atoms with Gasteiger partial charge in [-0.15, -0.1) is 0 Å². The van der Waals surface area contributed by atoms with E-state index < -0.39 is 6.61 Å². The normalized spacial score (nSPS) is 25.3. The Morgan fingerprint density at radius 3 is 2.47 bits per heavy atom. The third-order valence-corrected chi connectivity index (χ3v) is 3.97. The molecule has 1 aliphatic carbocycles. The Kier molecular flexibility index (Phi) is 4.75. The highest BCUT2D eigenvalue weighted by atomic mass is 19.3. The van der Waals surface area contributed by atoms with Crippen LogP contribution < -0.4 is 10.5 Å². The molecule has 0 aromatic heterocycles. The highest BCUT2D eigenvalue weighted by Gasteiger charge is 2.25. The first kappa shape index (κ1) is 14.3. The van der Waals surface area contributed by atoms with Crippen LogP contribution in [0.3, 0.4) is 0 Å². The van der Waals surface area contributed by atoms with Crippen LogP contribution in [0.25, 0.3) is 0 Å². The molecule has 1 aromatic carbocycles. The fourth-order valence-corrected chi connectivity index (χ4v) is 2.95. The maximum atomic E-state index is 12.1. The summed E-state index contributed by atoms with van der Waals surface area (Å²) in [6, 6.07) is 6.70. The summed E-state index contributed by atoms with van der Waals surface area (Å²) in [6.07, 6.45) is 4.81. The first-order valence-electron chi connectivity index (χ1n) is 6.86. The maximum Gasteiger partial charge on any atom is 0.387 e. The molecule has 4 heteroatoms. The molecule has 1 aliphatic rings. The van der Waals surface area contributed by atoms with Crippen molar-refractivity contribution in [1.29, 1.82) is 0 Å². The second-order valence-electron chi connectivity index (χ2n) is 5.51. The lowest BCUT2D eigenvalue weighted by molar-refractivity contribution is -0.0498. The maximum absolute atomic E-state index is 12.1. The molecule has 1 saturated carbocycles. The number of alkyl halides is 2. The van der Waals surface area contributed by atoms with Crippen LogP contribution in [0.5, 0.6) is 5.75 Å². The van der Waals surface area contributed by atoms with Gasteiger partial charge < -0.3 is 10.5 Å². The van der Waals surface area contributed by atoms with E-state index in [0.29, 0.717) is 5.92 Å². The number of nitrogens with two attached hydrogens (primary N) is 1. The Labute approximate surface area is 112 Å². The van der Waals surface area contributed by atoms with Crippen molar-refractivity contribution in [3.63, 3.8) is 0 Å². The highest BCUT2D eigenvalue weighted by Crippen LogP contribution is 2.36. The van der Waals surface area contributed by atoms with Gasteiger partial charge in [-0.3, -0.25) is 0 Å². The van der Waals surface area contributed by atoms with Crippen molar-refractivity contribution in [3.8, 4) is 5.75 Å². The van der Waals surface area contributed by atoms with Crippen molar-refractivity contribution in [3.05, 3.63) is 29.8 Å². The summed E-state index contributed by atoms with van der Waals surface area (Å²) >= 11 is 0. The zero-order chi connectivity index (χ0) is 13.8. The van der Waals surface area contributed by atoms with Crippen LogP contribution in [0, 0.1) is 11.8 Å². The van der Waals surface area contributed by atoms with Crippen molar-refractivity contribution in [2.45, 2.75) is 45.3 Å². The van der Waals surface area contributed by atoms with Gasteiger partial charge >= 0.3 is 6.61 Å². The molecule has 2 N–H and O–H groups in total. The number of hydrogen-bond donors (Lipinski definition) is 1. The molecule has 0 heterocycles. The second kappa shape index (κ2) is 6.33. The van der Waals surface area contributed by atoms with E-state index in [1.807, 2.05) is 0 Å². The molecule has 0 amide bonds. The van der Waals surface area contributed by atoms with Crippen molar-refractivity contribution in [2.24, 2.45) is 17.6 Å². The van der Waals surface area contributed by atoms with Gasteiger partial charge in [0, 0.05) is 6.04 Å². The standard InChI is InChI=1S/C15H21F2NO/c1-10-3-2-4-12(9-10)14(18)11-5-7-13(8-6-11)19-15(16)17/h5-8,10,12,14-15H,2-4,9,18H2,1H3. The van der Waals surface area contributed by atoms with E-state index in [9.17, 15) is 8.78 Å². The molecule has 0 spiro atoms. The molecule has 2 nitrogen and oxygen atoms in total. The number of benzene rings is 1. The molecule has 3 unspecified atom stereocenters. The Hall–Kier alpha value is -1.16. The van der Waals surface area contributed by atoms with Crippen molar-refractivity contribution >= 4 is 0 Å². The Balaban J connectivity index is 2.00. The lowest BCUT2D eigenvalue weighted by Gasteiger charge is -2.31. The van der Waals surface area contributed by atoms with Crippen LogP contribution in [-0.4, -0.2) is 6.61 Å². The summed E-state index contributed by atoms with van der Waals surface area (Å²) in [7, 11) is 0. The Morgan fingerprint density at radius 1 is 1.21 bits per heavy atom. The topological polar surface area (TPSA) is 35.2 Å². The van der Waals surface area contributed by atoms with Gasteiger partial charge in [-0.2, -0.15) is 8.78 Å². The molecule has 106 valence electrons. The molecule has 1 aromatic rings. The van der Waals surface area contributed by atoms with Gasteiger partial charge in [-0.05, 0) is 42.4 Å². The number of hydrogen-bond acceptors (Lipinski definition) is 2. The molecule has 1 fully saturated rings. The predicted octanol–water partition coefficient (Wildman–Crippen LogP) is 4.11. The molecule has 19 heavy (non-hydrogen) atoms. The van der Waals surface area contributed by atoms with Crippen LogP contribution in [0.2, 0.25) is 0 Å². The van der Waals surface area contributed by atoms with Gasteiger partial charge in [0.2, 0.25) is 0 Å². The third-order valence-electron chi connectivity index (χ3n) is 3.97. The summed E-state index contributed by atoms with van der Waals surface area (Å²) in [5.74, 6) is 1.40. The van der Waals surface area contributed by atoms with E-state index >= 15 is 0 Å². The molecule has 0 saturated heterocycles. The van der Waals surface area contributed by atoms with Crippen molar-refractivity contribution < 1.29 is 13.5 Å². The molecule has 0 aliphatic heterocycles. The summed E-state index contributed by atoms with van der Waals surface area (Å²) < 4.78 is 28.5. The smallest absolute Gasteiger partial charge is 0.387 e. The number of rotatable bonds is 4. The minimum Gasteiger partial charge on any atom is -0.435 e. The second-order valence-corrected chi connectivity index (χ2v) is 5.51. The fourth-order valence-electron chi connectivity index (χ4n) is 2.95. The highest BCUT2D eigenvalue weighted by molar-refractivity contribution is 5.29. The summed E-state index contributed by atoms with van der Waals surface area (Å²) in [6.45, 7) is -0.517. The largest absolute Gasteiger partial charge is 0.435 e. The molecule has 0 bridgehead atoms. The summed E-state index contributed by atoms with van der Waals surface area (Å²) in [4.78, 5) is 0. The molecule has 0 radical (unpaired) electrons. The van der Waals surface area contributed by atoms with Gasteiger partial charge in [-0.25, -0.2) is 0 Å². The van der Waals surface area contributed by atoms with Crippen LogP contribution in [0.4, 0.5) is 8.78 Å². The van der Waals surface area contributed by atoms with E-state index in [2.05, 4.69) is 11.7 Å². The van der Waals surface area contributed by atoms with Crippen molar-refractivity contribution in [1.82, 2.24) is 0 Å². The molecule has 3 atom stereocenters. The van der Waals surface area contributed by atoms with E-state index in [-0.39, 0.29) is 11.8 Å². The molecule has 2 rings (SSSR count). The lowest BCUT2D eigenvalue weighted by Crippen LogP contribution is -2.26. The first-order valence-corrected chi connectivity index (χ1v) is 6.86. The lowest BCUT2D eigenvalue weighted by atomic mass is 9.77. The SMILES string of the molecule is CC1CCCC(C(N)c2ccc(OC(F)F)cc2)C1. The van der Waals surface area contributed by atoms with Crippen LogP contribution in [-0.2, 0) is 0 Å². The molecular formula is C15H21F2NO. The van der Waals surface area contributed by atoms with Crippen LogP contribution in [0.15, 0.2) is 24.3 Å². The summed E-state index contributed by atoms with van der Waals surface area (Å²) in [5, 5.41) is 0. The number of ether oxygens (including phenoxy) is 1. The van der Waals surface area contributed by atoms with Gasteiger partial charge in [0.15, 0.2) is 0 Å². The zero-order valence-corrected chi connectivity index (χ0v) is 11.2. The van der Waals surface area contributed by atoms with Gasteiger partial charge in [0.05, 0.1) is 0 Å². The quantitative estimate of drug-likeness (QED) is 0.892. The van der Waals surface area contributed by atoms with E-state index in [1.165, 1.54) is 12.8 Å². The van der Waals surface area contributed by atoms with Crippen molar-refractivity contribution in [2.75, 3.05) is 0 Å². The predicted molar refractivity (Wildman–Crippen MR) is 71.1 cm³/mol. The number of halogens is 2. The average molecular weight is 269 g/mol. The van der Waals surface area contributed by atoms with E-state index in [1.54, 1.807) is 24.3 Å². The average Bonchev–Trinajstić information content (AvgIpc) is 2.38. The molecular weight excluding hydrogens is 248 g/mol. The Morgan fingerprint density at radius 2 is 1.89 bits per heavy atom. The Bertz CT molecular complexity index is 394. The van der Waals surface area contributed by atoms with Crippen LogP contribution >= 0.6 is 0 Å². The third kappa shape index (κ3) is 3.90. The minimum absolute atomic E-state index is 0.0108. The van der Waals surface area contributed by atoms with Gasteiger partial charge in [0.25, 0.3) is 0 Å². The van der Waals surface area contributed by atoms with Gasteiger partial charge in [0.1, 0.15) is 5.75 Å². The van der Waals surface area contributed by atoms with E-state index in [4.69, 9.17) is 5.73 Å².